The maximum atomic E-state index is 3.49. The largest absolute Gasteiger partial charge is 0.312 e. The van der Waals surface area contributed by atoms with Crippen LogP contribution in [0.1, 0.15) is 35.6 Å². The summed E-state index contributed by atoms with van der Waals surface area (Å²) in [6.07, 6.45) is 2.58. The lowest BCUT2D eigenvalue weighted by atomic mass is 9.99. The number of benzene rings is 1. The third kappa shape index (κ3) is 4.29. The van der Waals surface area contributed by atoms with Crippen LogP contribution in [-0.2, 0) is 0 Å². The molecule has 0 aliphatic carbocycles. The number of piperidine rings is 1. The lowest BCUT2D eigenvalue weighted by Gasteiger charge is -2.37. The quantitative estimate of drug-likeness (QED) is 0.899. The van der Waals surface area contributed by atoms with Crippen LogP contribution in [0, 0.1) is 13.8 Å². The van der Waals surface area contributed by atoms with Gasteiger partial charge in [-0.05, 0) is 77.6 Å². The van der Waals surface area contributed by atoms with Crippen LogP contribution in [0.5, 0.6) is 0 Å². The molecule has 1 unspecified atom stereocenters. The molecule has 0 saturated carbocycles. The molecule has 3 nitrogen and oxygen atoms in total. The normalized spacial score (nSPS) is 19.1. The van der Waals surface area contributed by atoms with E-state index in [-0.39, 0.29) is 0 Å². The van der Waals surface area contributed by atoms with Gasteiger partial charge in [0.2, 0.25) is 0 Å². The van der Waals surface area contributed by atoms with Crippen molar-refractivity contribution in [1.29, 1.82) is 0 Å². The highest BCUT2D eigenvalue weighted by Crippen LogP contribution is 2.21. The van der Waals surface area contributed by atoms with Crippen molar-refractivity contribution < 1.29 is 0 Å². The summed E-state index contributed by atoms with van der Waals surface area (Å²) in [6.45, 7) is 7.92. The molecule has 3 heteroatoms. The van der Waals surface area contributed by atoms with Crippen LogP contribution in [0.15, 0.2) is 18.2 Å². The highest BCUT2D eigenvalue weighted by atomic mass is 15.2. The molecule has 0 spiro atoms. The number of nitrogens with zero attached hydrogens (tertiary/aromatic N) is 2. The second-order valence-corrected chi connectivity index (χ2v) is 6.68. The molecule has 1 aliphatic heterocycles. The minimum Gasteiger partial charge on any atom is -0.312 e. The van der Waals surface area contributed by atoms with Gasteiger partial charge in [-0.25, -0.2) is 0 Å². The average molecular weight is 289 g/mol. The van der Waals surface area contributed by atoms with E-state index in [9.17, 15) is 0 Å². The Labute approximate surface area is 130 Å². The van der Waals surface area contributed by atoms with E-state index in [0.717, 1.165) is 12.6 Å². The molecule has 118 valence electrons. The number of nitrogens with one attached hydrogen (secondary N) is 1. The minimum absolute atomic E-state index is 0.431. The van der Waals surface area contributed by atoms with Crippen LogP contribution in [0.2, 0.25) is 0 Å². The summed E-state index contributed by atoms with van der Waals surface area (Å²) < 4.78 is 0. The topological polar surface area (TPSA) is 18.5 Å². The van der Waals surface area contributed by atoms with Crippen LogP contribution in [0.25, 0.3) is 0 Å². The zero-order chi connectivity index (χ0) is 15.4. The molecular weight excluding hydrogens is 258 g/mol. The number of rotatable bonds is 5. The molecule has 1 N–H and O–H groups in total. The van der Waals surface area contributed by atoms with Crippen LogP contribution < -0.4 is 5.32 Å². The molecule has 0 aromatic heterocycles. The maximum absolute atomic E-state index is 3.49. The standard InChI is InChI=1S/C18H31N3/c1-14-6-7-16(12-15(14)2)18(19-3)13-21-10-8-17(9-11-21)20(4)5/h6-7,12,17-19H,8-11,13H2,1-5H3. The summed E-state index contributed by atoms with van der Waals surface area (Å²) in [5.41, 5.74) is 4.18. The third-order valence-electron chi connectivity index (χ3n) is 5.01. The fourth-order valence-electron chi connectivity index (χ4n) is 3.22. The van der Waals surface area contributed by atoms with Crippen LogP contribution in [0.4, 0.5) is 0 Å². The van der Waals surface area contributed by atoms with Gasteiger partial charge < -0.3 is 15.1 Å². The molecule has 2 rings (SSSR count). The molecule has 1 aromatic rings. The monoisotopic (exact) mass is 289 g/mol. The van der Waals surface area contributed by atoms with Gasteiger partial charge in [-0.3, -0.25) is 0 Å². The van der Waals surface area contributed by atoms with Crippen molar-refractivity contribution in [2.24, 2.45) is 0 Å². The SMILES string of the molecule is CNC(CN1CCC(N(C)C)CC1)c1ccc(C)c(C)c1. The van der Waals surface area contributed by atoms with E-state index in [1.165, 1.54) is 42.6 Å². The third-order valence-corrected chi connectivity index (χ3v) is 5.01. The number of likely N-dealkylation sites (tertiary alicyclic amines) is 1. The van der Waals surface area contributed by atoms with Gasteiger partial charge in [-0.2, -0.15) is 0 Å². The first-order valence-electron chi connectivity index (χ1n) is 8.14. The Hall–Kier alpha value is -0.900. The van der Waals surface area contributed by atoms with E-state index >= 15 is 0 Å². The van der Waals surface area contributed by atoms with Crippen LogP contribution >= 0.6 is 0 Å². The lowest BCUT2D eigenvalue weighted by Crippen LogP contribution is -2.44. The van der Waals surface area contributed by atoms with Crippen molar-refractivity contribution in [3.63, 3.8) is 0 Å². The Kier molecular flexibility index (Phi) is 5.80. The number of aryl methyl sites for hydroxylation is 2. The molecule has 0 bridgehead atoms. The first-order valence-corrected chi connectivity index (χ1v) is 8.14. The van der Waals surface area contributed by atoms with E-state index in [2.05, 4.69) is 68.3 Å². The summed E-state index contributed by atoms with van der Waals surface area (Å²) in [5.74, 6) is 0. The molecule has 1 aromatic carbocycles. The Morgan fingerprint density at radius 2 is 1.86 bits per heavy atom. The highest BCUT2D eigenvalue weighted by molar-refractivity contribution is 5.31. The Bertz CT molecular complexity index is 448. The first kappa shape index (κ1) is 16.5. The molecule has 1 atom stereocenters. The second kappa shape index (κ2) is 7.39. The molecule has 1 fully saturated rings. The zero-order valence-corrected chi connectivity index (χ0v) is 14.3. The molecule has 1 aliphatic rings. The van der Waals surface area contributed by atoms with Gasteiger partial charge in [0.1, 0.15) is 0 Å². The molecular formula is C18H31N3. The Balaban J connectivity index is 1.95. The smallest absolute Gasteiger partial charge is 0.0446 e. The van der Waals surface area contributed by atoms with Crippen molar-refractivity contribution in [2.45, 2.75) is 38.8 Å². The van der Waals surface area contributed by atoms with Crippen molar-refractivity contribution >= 4 is 0 Å². The number of hydrogen-bond acceptors (Lipinski definition) is 3. The predicted molar refractivity (Wildman–Crippen MR) is 90.9 cm³/mol. The van der Waals surface area contributed by atoms with Gasteiger partial charge in [0.25, 0.3) is 0 Å². The van der Waals surface area contributed by atoms with Gasteiger partial charge in [-0.1, -0.05) is 18.2 Å². The average Bonchev–Trinajstić information content (AvgIpc) is 2.48. The van der Waals surface area contributed by atoms with Crippen LogP contribution in [-0.4, -0.2) is 56.6 Å². The first-order chi connectivity index (χ1) is 10.0. The van der Waals surface area contributed by atoms with E-state index in [0.29, 0.717) is 6.04 Å². The lowest BCUT2D eigenvalue weighted by molar-refractivity contribution is 0.136. The fourth-order valence-corrected chi connectivity index (χ4v) is 3.22. The summed E-state index contributed by atoms with van der Waals surface area (Å²) in [6, 6.07) is 8.04. The molecule has 1 heterocycles. The highest BCUT2D eigenvalue weighted by Gasteiger charge is 2.22. The summed E-state index contributed by atoms with van der Waals surface area (Å²) in [4.78, 5) is 4.98. The zero-order valence-electron chi connectivity index (χ0n) is 14.3. The van der Waals surface area contributed by atoms with Crippen molar-refractivity contribution in [3.05, 3.63) is 34.9 Å². The molecule has 1 saturated heterocycles. The second-order valence-electron chi connectivity index (χ2n) is 6.68. The predicted octanol–water partition coefficient (Wildman–Crippen LogP) is 2.59. The summed E-state index contributed by atoms with van der Waals surface area (Å²) in [5, 5.41) is 3.49. The van der Waals surface area contributed by atoms with Crippen LogP contribution in [0.3, 0.4) is 0 Å². The molecule has 0 radical (unpaired) electrons. The van der Waals surface area contributed by atoms with E-state index < -0.39 is 0 Å². The van der Waals surface area contributed by atoms with Gasteiger partial charge >= 0.3 is 0 Å². The van der Waals surface area contributed by atoms with Crippen molar-refractivity contribution in [3.8, 4) is 0 Å². The van der Waals surface area contributed by atoms with Gasteiger partial charge in [0, 0.05) is 18.6 Å². The Morgan fingerprint density at radius 3 is 2.38 bits per heavy atom. The van der Waals surface area contributed by atoms with E-state index in [1.54, 1.807) is 0 Å². The van der Waals surface area contributed by atoms with E-state index in [1.807, 2.05) is 0 Å². The van der Waals surface area contributed by atoms with E-state index in [4.69, 9.17) is 0 Å². The summed E-state index contributed by atoms with van der Waals surface area (Å²) >= 11 is 0. The van der Waals surface area contributed by atoms with Gasteiger partial charge in [0.05, 0.1) is 0 Å². The number of hydrogen-bond donors (Lipinski definition) is 1. The Morgan fingerprint density at radius 1 is 1.19 bits per heavy atom. The van der Waals surface area contributed by atoms with Gasteiger partial charge in [0.15, 0.2) is 0 Å². The fraction of sp³-hybridized carbons (Fsp3) is 0.667. The minimum atomic E-state index is 0.431. The molecule has 0 amide bonds. The molecule has 21 heavy (non-hydrogen) atoms. The van der Waals surface area contributed by atoms with Crippen molar-refractivity contribution in [2.75, 3.05) is 40.8 Å². The van der Waals surface area contributed by atoms with Crippen molar-refractivity contribution in [1.82, 2.24) is 15.1 Å². The summed E-state index contributed by atoms with van der Waals surface area (Å²) in [7, 11) is 6.48. The van der Waals surface area contributed by atoms with Gasteiger partial charge in [-0.15, -0.1) is 0 Å². The number of likely N-dealkylation sites (N-methyl/N-ethyl adjacent to an activating group) is 1. The maximum Gasteiger partial charge on any atom is 0.0446 e.